The van der Waals surface area contributed by atoms with Crippen LogP contribution in [-0.2, 0) is 23.8 Å². The minimum atomic E-state index is -1.63. The first kappa shape index (κ1) is 78.8. The molecule has 8 atom stereocenters. The van der Waals surface area contributed by atoms with Gasteiger partial charge in [-0.05, 0) is 122 Å². The molecule has 1 heterocycles. The van der Waals surface area contributed by atoms with Gasteiger partial charge in [0.1, 0.15) is 24.4 Å². The van der Waals surface area contributed by atoms with Gasteiger partial charge in [-0.2, -0.15) is 0 Å². The first-order valence-electron chi connectivity index (χ1n) is 34.0. The van der Waals surface area contributed by atoms with E-state index in [0.717, 1.165) is 148 Å². The Labute approximate surface area is 518 Å². The molecular formula is C74H123NO10. The number of hydrogen-bond acceptors (Lipinski definition) is 10. The fourth-order valence-electron chi connectivity index (χ4n) is 9.70. The van der Waals surface area contributed by atoms with Crippen LogP contribution in [0.15, 0.2) is 134 Å². The van der Waals surface area contributed by atoms with Gasteiger partial charge in [0.2, 0.25) is 5.91 Å². The summed E-state index contributed by atoms with van der Waals surface area (Å²) in [5.74, 6) is -1.24. The number of aliphatic hydroxyl groups is 5. The summed E-state index contributed by atoms with van der Waals surface area (Å²) in [6.07, 6.45) is 74.8. The molecule has 0 aromatic carbocycles. The van der Waals surface area contributed by atoms with Crippen molar-refractivity contribution in [1.29, 1.82) is 0 Å². The number of ether oxygens (including phenoxy) is 3. The number of amides is 1. The van der Waals surface area contributed by atoms with Crippen LogP contribution in [0.4, 0.5) is 0 Å². The summed E-state index contributed by atoms with van der Waals surface area (Å²) in [5, 5.41) is 57.1. The Morgan fingerprint density at radius 2 is 0.847 bits per heavy atom. The second-order valence-corrected chi connectivity index (χ2v) is 22.8. The fourth-order valence-corrected chi connectivity index (χ4v) is 9.70. The van der Waals surface area contributed by atoms with E-state index in [1.807, 2.05) is 6.08 Å². The van der Waals surface area contributed by atoms with Gasteiger partial charge in [-0.1, -0.05) is 264 Å². The Kier molecular flexibility index (Phi) is 55.7. The zero-order chi connectivity index (χ0) is 61.7. The second-order valence-electron chi connectivity index (χ2n) is 22.8. The van der Waals surface area contributed by atoms with E-state index in [-0.39, 0.29) is 19.4 Å². The quantitative estimate of drug-likeness (QED) is 0.0195. The number of rotatable bonds is 56. The van der Waals surface area contributed by atoms with Crippen LogP contribution in [0.2, 0.25) is 0 Å². The normalized spacial score (nSPS) is 19.3. The van der Waals surface area contributed by atoms with Crippen molar-refractivity contribution in [1.82, 2.24) is 5.32 Å². The Bertz CT molecular complexity index is 1890. The number of carbonyl (C=O) groups excluding carboxylic acids is 2. The van der Waals surface area contributed by atoms with Crippen LogP contribution in [0.5, 0.6) is 0 Å². The van der Waals surface area contributed by atoms with Gasteiger partial charge >= 0.3 is 5.97 Å². The molecule has 0 bridgehead atoms. The molecule has 1 rings (SSSR count). The Hall–Kier alpha value is -4.20. The predicted molar refractivity (Wildman–Crippen MR) is 356 cm³/mol. The van der Waals surface area contributed by atoms with Crippen molar-refractivity contribution < 1.29 is 49.3 Å². The lowest BCUT2D eigenvalue weighted by atomic mass is 9.99. The molecule has 0 aliphatic carbocycles. The highest BCUT2D eigenvalue weighted by Crippen LogP contribution is 2.26. The molecular weight excluding hydrogens is 1060 g/mol. The number of unbranched alkanes of at least 4 members (excludes halogenated alkanes) is 22. The lowest BCUT2D eigenvalue weighted by molar-refractivity contribution is -0.305. The van der Waals surface area contributed by atoms with E-state index < -0.39 is 67.4 Å². The summed E-state index contributed by atoms with van der Waals surface area (Å²) < 4.78 is 17.6. The third-order valence-electron chi connectivity index (χ3n) is 15.0. The zero-order valence-electron chi connectivity index (χ0n) is 53.7. The van der Waals surface area contributed by atoms with Gasteiger partial charge in [0, 0.05) is 6.42 Å². The molecule has 1 aliphatic heterocycles. The first-order valence-corrected chi connectivity index (χ1v) is 34.0. The third kappa shape index (κ3) is 47.5. The van der Waals surface area contributed by atoms with Crippen LogP contribution in [-0.4, -0.2) is 99.6 Å². The molecule has 85 heavy (non-hydrogen) atoms. The topological polar surface area (TPSA) is 175 Å². The standard InChI is InChI=1S/C74H123NO10/c1-4-7-10-13-16-19-22-24-26-28-30-32-33-34-35-36-38-40-42-44-47-50-53-56-59-62-69(79)85-72-71(81)70(80)68(63-76)84-74(72)83-64-65(66(77)60-57-54-51-48-45-21-18-15-12-9-6-3)75-73(82)67(78)61-58-55-52-49-46-43-41-39-37-31-29-27-25-23-20-17-14-11-8-5-2/h7,10,16-17,19-20,24-27,30-32,34-35,37-38,40-41,43,57,60,65-68,70-72,74,76-78,80-81H,4-6,8-9,11-15,18,21-23,28-29,33,36,39,42,44-56,58-59,61-64H2,1-3H3,(H,75,82)/b10-7-,19-16-,20-17-,26-24-,27-25-,32-30-,35-34-,37-31-,40-38-,43-41-,60-57+. The molecule has 0 aromatic rings. The van der Waals surface area contributed by atoms with Gasteiger partial charge < -0.3 is 45.1 Å². The Morgan fingerprint density at radius 3 is 1.29 bits per heavy atom. The van der Waals surface area contributed by atoms with Crippen molar-refractivity contribution in [3.05, 3.63) is 134 Å². The van der Waals surface area contributed by atoms with Crippen molar-refractivity contribution >= 4 is 11.9 Å². The third-order valence-corrected chi connectivity index (χ3v) is 15.0. The Morgan fingerprint density at radius 1 is 0.471 bits per heavy atom. The van der Waals surface area contributed by atoms with Gasteiger partial charge in [-0.3, -0.25) is 9.59 Å². The fraction of sp³-hybridized carbons (Fsp3) is 0.676. The van der Waals surface area contributed by atoms with Crippen LogP contribution in [0.25, 0.3) is 0 Å². The molecule has 6 N–H and O–H groups in total. The molecule has 484 valence electrons. The number of hydrogen-bond donors (Lipinski definition) is 6. The molecule has 0 radical (unpaired) electrons. The second kappa shape index (κ2) is 60.1. The number of allylic oxidation sites excluding steroid dienone is 21. The van der Waals surface area contributed by atoms with E-state index in [0.29, 0.717) is 12.8 Å². The minimum absolute atomic E-state index is 0.0957. The SMILES string of the molecule is CC/C=C\C/C=C\C/C=C\C/C=C\C/C=C\C/C=C\CCCCCCCCC(=O)OC1C(OCC(NC(=O)C(O)CCCCCC/C=C\C/C=C\C/C=C\C/C=C\CCCCC)C(O)/C=C/CCCCCCCCCCC)OC(CO)C(O)C1O. The van der Waals surface area contributed by atoms with E-state index in [4.69, 9.17) is 14.2 Å². The first-order chi connectivity index (χ1) is 41.7. The largest absolute Gasteiger partial charge is 0.454 e. The highest BCUT2D eigenvalue weighted by Gasteiger charge is 2.47. The van der Waals surface area contributed by atoms with Crippen LogP contribution < -0.4 is 5.32 Å². The van der Waals surface area contributed by atoms with Gasteiger partial charge in [0.25, 0.3) is 0 Å². The molecule has 8 unspecified atom stereocenters. The van der Waals surface area contributed by atoms with E-state index in [9.17, 15) is 35.1 Å². The molecule has 0 spiro atoms. The summed E-state index contributed by atoms with van der Waals surface area (Å²) in [7, 11) is 0. The summed E-state index contributed by atoms with van der Waals surface area (Å²) in [6.45, 7) is 5.62. The molecule has 1 aliphatic rings. The maximum atomic E-state index is 13.5. The van der Waals surface area contributed by atoms with Gasteiger partial charge in [-0.15, -0.1) is 0 Å². The lowest BCUT2D eigenvalue weighted by Gasteiger charge is -2.41. The summed E-state index contributed by atoms with van der Waals surface area (Å²) in [5.41, 5.74) is 0. The van der Waals surface area contributed by atoms with E-state index in [2.05, 4.69) is 148 Å². The molecule has 1 saturated heterocycles. The molecule has 11 heteroatoms. The van der Waals surface area contributed by atoms with Gasteiger partial charge in [-0.25, -0.2) is 0 Å². The van der Waals surface area contributed by atoms with Crippen molar-refractivity contribution in [2.24, 2.45) is 0 Å². The monoisotopic (exact) mass is 1190 g/mol. The van der Waals surface area contributed by atoms with E-state index in [1.165, 1.54) is 64.2 Å². The van der Waals surface area contributed by atoms with Crippen LogP contribution in [0.3, 0.4) is 0 Å². The number of nitrogens with one attached hydrogen (secondary N) is 1. The maximum Gasteiger partial charge on any atom is 0.306 e. The van der Waals surface area contributed by atoms with Crippen LogP contribution in [0, 0.1) is 0 Å². The predicted octanol–water partition coefficient (Wildman–Crippen LogP) is 17.2. The van der Waals surface area contributed by atoms with Crippen LogP contribution in [0.1, 0.15) is 258 Å². The van der Waals surface area contributed by atoms with Gasteiger partial charge in [0.15, 0.2) is 12.4 Å². The van der Waals surface area contributed by atoms with Gasteiger partial charge in [0.05, 0.1) is 25.4 Å². The minimum Gasteiger partial charge on any atom is -0.454 e. The molecule has 1 fully saturated rings. The van der Waals surface area contributed by atoms with E-state index in [1.54, 1.807) is 6.08 Å². The number of carbonyl (C=O) groups is 2. The number of esters is 1. The lowest BCUT2D eigenvalue weighted by Crippen LogP contribution is -2.61. The summed E-state index contributed by atoms with van der Waals surface area (Å²) >= 11 is 0. The molecule has 0 aromatic heterocycles. The maximum absolute atomic E-state index is 13.5. The number of aliphatic hydroxyl groups excluding tert-OH is 5. The van der Waals surface area contributed by atoms with E-state index >= 15 is 0 Å². The van der Waals surface area contributed by atoms with Crippen molar-refractivity contribution in [3.63, 3.8) is 0 Å². The molecule has 1 amide bonds. The van der Waals surface area contributed by atoms with Crippen LogP contribution >= 0.6 is 0 Å². The zero-order valence-corrected chi connectivity index (χ0v) is 53.7. The Balaban J connectivity index is 2.63. The smallest absolute Gasteiger partial charge is 0.306 e. The highest BCUT2D eigenvalue weighted by molar-refractivity contribution is 5.80. The van der Waals surface area contributed by atoms with Crippen molar-refractivity contribution in [2.75, 3.05) is 13.2 Å². The molecule has 0 saturated carbocycles. The average Bonchev–Trinajstić information content (AvgIpc) is 2.90. The average molecular weight is 1190 g/mol. The molecule has 11 nitrogen and oxygen atoms in total. The highest BCUT2D eigenvalue weighted by atomic mass is 16.7. The summed E-state index contributed by atoms with van der Waals surface area (Å²) in [4.78, 5) is 26.6. The van der Waals surface area contributed by atoms with Crippen molar-refractivity contribution in [3.8, 4) is 0 Å². The summed E-state index contributed by atoms with van der Waals surface area (Å²) in [6, 6.07) is -1.05. The van der Waals surface area contributed by atoms with Crippen molar-refractivity contribution in [2.45, 2.75) is 307 Å².